The molecule has 7 heteroatoms. The van der Waals surface area contributed by atoms with Crippen LogP contribution < -0.4 is 5.32 Å². The lowest BCUT2D eigenvalue weighted by atomic mass is 10.1. The number of oxazole rings is 1. The molecular formula is C13H12F4N2O. The van der Waals surface area contributed by atoms with E-state index in [0.29, 0.717) is 17.2 Å². The number of rotatable bonds is 4. The van der Waals surface area contributed by atoms with Crippen LogP contribution in [0.2, 0.25) is 0 Å². The molecule has 2 rings (SSSR count). The maximum atomic E-state index is 13.1. The molecular weight excluding hydrogens is 276 g/mol. The molecule has 20 heavy (non-hydrogen) atoms. The normalized spacial score (nSPS) is 11.8. The van der Waals surface area contributed by atoms with Crippen LogP contribution >= 0.6 is 0 Å². The number of aryl methyl sites for hydroxylation is 1. The van der Waals surface area contributed by atoms with E-state index >= 15 is 0 Å². The minimum absolute atomic E-state index is 0.158. The van der Waals surface area contributed by atoms with E-state index in [4.69, 9.17) is 4.42 Å². The zero-order valence-corrected chi connectivity index (χ0v) is 10.6. The van der Waals surface area contributed by atoms with Gasteiger partial charge in [0.15, 0.2) is 0 Å². The van der Waals surface area contributed by atoms with Gasteiger partial charge in [-0.3, -0.25) is 0 Å². The average molecular weight is 288 g/mol. The average Bonchev–Trinajstić information content (AvgIpc) is 2.76. The molecule has 1 N–H and O–H groups in total. The van der Waals surface area contributed by atoms with Crippen LogP contribution in [0.5, 0.6) is 0 Å². The standard InChI is InChI=1S/C13H12F4N2O/c1-8-5-19-12(20-8)7-18-6-9-2-3-11(14)10(4-9)13(15,16)17/h2-5,18H,6-7H2,1H3. The first kappa shape index (κ1) is 14.5. The Labute approximate surface area is 112 Å². The zero-order valence-electron chi connectivity index (χ0n) is 10.6. The monoisotopic (exact) mass is 288 g/mol. The van der Waals surface area contributed by atoms with Crippen molar-refractivity contribution >= 4 is 0 Å². The van der Waals surface area contributed by atoms with Gasteiger partial charge in [-0.1, -0.05) is 6.07 Å². The Morgan fingerprint density at radius 1 is 1.25 bits per heavy atom. The first-order valence-corrected chi connectivity index (χ1v) is 5.84. The van der Waals surface area contributed by atoms with E-state index in [1.807, 2.05) is 0 Å². The van der Waals surface area contributed by atoms with Gasteiger partial charge in [0.05, 0.1) is 18.3 Å². The van der Waals surface area contributed by atoms with Gasteiger partial charge in [0.25, 0.3) is 0 Å². The molecule has 0 fully saturated rings. The maximum absolute atomic E-state index is 13.1. The predicted molar refractivity (Wildman–Crippen MR) is 63.2 cm³/mol. The molecule has 0 saturated carbocycles. The fraction of sp³-hybridized carbons (Fsp3) is 0.308. The highest BCUT2D eigenvalue weighted by molar-refractivity contribution is 5.27. The van der Waals surface area contributed by atoms with Gasteiger partial charge in [0, 0.05) is 6.54 Å². The third-order valence-electron chi connectivity index (χ3n) is 2.61. The molecule has 0 amide bonds. The molecule has 3 nitrogen and oxygen atoms in total. The van der Waals surface area contributed by atoms with E-state index in [-0.39, 0.29) is 13.1 Å². The fourth-order valence-electron chi connectivity index (χ4n) is 1.70. The lowest BCUT2D eigenvalue weighted by Gasteiger charge is -2.10. The highest BCUT2D eigenvalue weighted by Crippen LogP contribution is 2.31. The largest absolute Gasteiger partial charge is 0.445 e. The van der Waals surface area contributed by atoms with Crippen LogP contribution in [-0.2, 0) is 19.3 Å². The van der Waals surface area contributed by atoms with E-state index in [9.17, 15) is 17.6 Å². The van der Waals surface area contributed by atoms with Crippen LogP contribution in [-0.4, -0.2) is 4.98 Å². The van der Waals surface area contributed by atoms with Crippen molar-refractivity contribution in [3.63, 3.8) is 0 Å². The van der Waals surface area contributed by atoms with E-state index in [1.165, 1.54) is 6.07 Å². The summed E-state index contributed by atoms with van der Waals surface area (Å²) < 4.78 is 55.9. The van der Waals surface area contributed by atoms with E-state index < -0.39 is 17.6 Å². The van der Waals surface area contributed by atoms with Gasteiger partial charge in [0.2, 0.25) is 5.89 Å². The molecule has 0 unspecified atom stereocenters. The Hall–Kier alpha value is -1.89. The van der Waals surface area contributed by atoms with Crippen molar-refractivity contribution < 1.29 is 22.0 Å². The van der Waals surface area contributed by atoms with Crippen LogP contribution in [0.15, 0.2) is 28.8 Å². The van der Waals surface area contributed by atoms with Crippen molar-refractivity contribution in [3.05, 3.63) is 53.0 Å². The Bertz CT molecular complexity index is 592. The Morgan fingerprint density at radius 2 is 2.00 bits per heavy atom. The third kappa shape index (κ3) is 3.57. The van der Waals surface area contributed by atoms with Gasteiger partial charge in [-0.05, 0) is 24.6 Å². The second-order valence-corrected chi connectivity index (χ2v) is 4.28. The molecule has 1 aromatic heterocycles. The van der Waals surface area contributed by atoms with Gasteiger partial charge < -0.3 is 9.73 Å². The summed E-state index contributed by atoms with van der Waals surface area (Å²) >= 11 is 0. The lowest BCUT2D eigenvalue weighted by Crippen LogP contribution is -2.15. The van der Waals surface area contributed by atoms with Crippen LogP contribution in [0.4, 0.5) is 17.6 Å². The molecule has 108 valence electrons. The van der Waals surface area contributed by atoms with Crippen molar-refractivity contribution in [2.24, 2.45) is 0 Å². The Kier molecular flexibility index (Phi) is 4.08. The van der Waals surface area contributed by atoms with Crippen LogP contribution in [0.1, 0.15) is 22.8 Å². The van der Waals surface area contributed by atoms with Crippen molar-refractivity contribution in [1.82, 2.24) is 10.3 Å². The molecule has 0 radical (unpaired) electrons. The fourth-order valence-corrected chi connectivity index (χ4v) is 1.70. The smallest absolute Gasteiger partial charge is 0.419 e. The SMILES string of the molecule is Cc1cnc(CNCc2ccc(F)c(C(F)(F)F)c2)o1. The molecule has 0 bridgehead atoms. The molecule has 0 aliphatic carbocycles. The van der Waals surface area contributed by atoms with Crippen molar-refractivity contribution in [3.8, 4) is 0 Å². The summed E-state index contributed by atoms with van der Waals surface area (Å²) in [7, 11) is 0. The van der Waals surface area contributed by atoms with Gasteiger partial charge in [-0.15, -0.1) is 0 Å². The molecule has 1 heterocycles. The number of nitrogens with one attached hydrogen (secondary N) is 1. The lowest BCUT2D eigenvalue weighted by molar-refractivity contribution is -0.140. The first-order valence-electron chi connectivity index (χ1n) is 5.84. The minimum atomic E-state index is -4.69. The van der Waals surface area contributed by atoms with Crippen molar-refractivity contribution in [2.45, 2.75) is 26.2 Å². The summed E-state index contributed by atoms with van der Waals surface area (Å²) in [4.78, 5) is 3.95. The highest BCUT2D eigenvalue weighted by Gasteiger charge is 2.34. The highest BCUT2D eigenvalue weighted by atomic mass is 19.4. The second-order valence-electron chi connectivity index (χ2n) is 4.28. The van der Waals surface area contributed by atoms with Crippen molar-refractivity contribution in [1.29, 1.82) is 0 Å². The van der Waals surface area contributed by atoms with Crippen LogP contribution in [0, 0.1) is 12.7 Å². The zero-order chi connectivity index (χ0) is 14.8. The predicted octanol–water partition coefficient (Wildman–Crippen LogP) is 3.43. The molecule has 0 aliphatic rings. The van der Waals surface area contributed by atoms with Crippen LogP contribution in [0.3, 0.4) is 0 Å². The first-order chi connectivity index (χ1) is 9.36. The number of benzene rings is 1. The minimum Gasteiger partial charge on any atom is -0.445 e. The topological polar surface area (TPSA) is 38.1 Å². The molecule has 2 aromatic rings. The number of nitrogens with zero attached hydrogens (tertiary/aromatic N) is 1. The third-order valence-corrected chi connectivity index (χ3v) is 2.61. The number of hydrogen-bond donors (Lipinski definition) is 1. The Balaban J connectivity index is 2.00. The summed E-state index contributed by atoms with van der Waals surface area (Å²) in [6.45, 7) is 2.18. The van der Waals surface area contributed by atoms with E-state index in [0.717, 1.165) is 12.1 Å². The summed E-state index contributed by atoms with van der Waals surface area (Å²) in [5.41, 5.74) is -0.925. The number of aromatic nitrogens is 1. The summed E-state index contributed by atoms with van der Waals surface area (Å²) in [6.07, 6.45) is -3.14. The van der Waals surface area contributed by atoms with Crippen molar-refractivity contribution in [2.75, 3.05) is 0 Å². The quantitative estimate of drug-likeness (QED) is 0.876. The van der Waals surface area contributed by atoms with Gasteiger partial charge in [-0.25, -0.2) is 9.37 Å². The van der Waals surface area contributed by atoms with Crippen LogP contribution in [0.25, 0.3) is 0 Å². The summed E-state index contributed by atoms with van der Waals surface area (Å²) in [5, 5.41) is 2.88. The molecule has 0 saturated heterocycles. The van der Waals surface area contributed by atoms with Gasteiger partial charge in [-0.2, -0.15) is 13.2 Å². The molecule has 0 aliphatic heterocycles. The summed E-state index contributed by atoms with van der Waals surface area (Å²) in [6, 6.07) is 2.91. The van der Waals surface area contributed by atoms with Gasteiger partial charge in [0.1, 0.15) is 11.6 Å². The van der Waals surface area contributed by atoms with Gasteiger partial charge >= 0.3 is 6.18 Å². The Morgan fingerprint density at radius 3 is 2.60 bits per heavy atom. The molecule has 0 atom stereocenters. The number of alkyl halides is 3. The second kappa shape index (κ2) is 5.62. The molecule has 0 spiro atoms. The summed E-state index contributed by atoms with van der Waals surface area (Å²) in [5.74, 6) is -0.173. The van der Waals surface area contributed by atoms with E-state index in [1.54, 1.807) is 13.1 Å². The number of halogens is 4. The van der Waals surface area contributed by atoms with E-state index in [2.05, 4.69) is 10.3 Å². The maximum Gasteiger partial charge on any atom is 0.419 e. The molecule has 1 aromatic carbocycles. The number of hydrogen-bond acceptors (Lipinski definition) is 3.